The van der Waals surface area contributed by atoms with Gasteiger partial charge in [0.2, 0.25) is 5.91 Å². The van der Waals surface area contributed by atoms with Crippen LogP contribution in [0.2, 0.25) is 0 Å². The van der Waals surface area contributed by atoms with E-state index in [9.17, 15) is 9.18 Å². The molecule has 1 aromatic rings. The van der Waals surface area contributed by atoms with Crippen LogP contribution in [0.1, 0.15) is 12.0 Å². The molecule has 2 rings (SSSR count). The Balaban J connectivity index is 1.98. The molecule has 1 amide bonds. The third kappa shape index (κ3) is 3.10. The highest BCUT2D eigenvalue weighted by molar-refractivity contribution is 5.91. The zero-order valence-corrected chi connectivity index (χ0v) is 9.34. The van der Waals surface area contributed by atoms with Crippen LogP contribution >= 0.6 is 0 Å². The summed E-state index contributed by atoms with van der Waals surface area (Å²) in [5.41, 5.74) is 6.28. The Bertz CT molecular complexity index is 447. The van der Waals surface area contributed by atoms with Gasteiger partial charge >= 0.3 is 0 Å². The topological polar surface area (TPSA) is 59.2 Å². The summed E-state index contributed by atoms with van der Waals surface area (Å²) in [6.07, 6.45) is 6.44. The average Bonchev–Trinajstić information content (AvgIpc) is 2.73. The molecular weight excluding hydrogens is 221 g/mol. The van der Waals surface area contributed by atoms with Gasteiger partial charge in [-0.2, -0.15) is 0 Å². The number of pyridine rings is 1. The molecule has 5 heteroatoms. The highest BCUT2D eigenvalue weighted by atomic mass is 19.1. The van der Waals surface area contributed by atoms with Gasteiger partial charge in [0, 0.05) is 31.4 Å². The van der Waals surface area contributed by atoms with Gasteiger partial charge in [-0.25, -0.2) is 4.39 Å². The maximum atomic E-state index is 12.8. The molecular formula is C12H14FN3O. The summed E-state index contributed by atoms with van der Waals surface area (Å²) in [6, 6.07) is 1.40. The quantitative estimate of drug-likeness (QED) is 0.771. The van der Waals surface area contributed by atoms with E-state index < -0.39 is 5.82 Å². The van der Waals surface area contributed by atoms with Gasteiger partial charge in [-0.1, -0.05) is 0 Å². The van der Waals surface area contributed by atoms with Gasteiger partial charge in [0.1, 0.15) is 5.82 Å². The van der Waals surface area contributed by atoms with Crippen molar-refractivity contribution in [3.05, 3.63) is 35.9 Å². The Hall–Kier alpha value is -1.75. The van der Waals surface area contributed by atoms with Crippen molar-refractivity contribution < 1.29 is 9.18 Å². The van der Waals surface area contributed by atoms with Crippen molar-refractivity contribution in [2.75, 3.05) is 13.1 Å². The summed E-state index contributed by atoms with van der Waals surface area (Å²) < 4.78 is 12.8. The van der Waals surface area contributed by atoms with E-state index in [1.807, 2.05) is 0 Å². The zero-order valence-electron chi connectivity index (χ0n) is 9.34. The smallest absolute Gasteiger partial charge is 0.246 e. The monoisotopic (exact) mass is 235 g/mol. The Morgan fingerprint density at radius 1 is 1.59 bits per heavy atom. The molecule has 0 spiro atoms. The predicted octanol–water partition coefficient (Wildman–Crippen LogP) is 0.793. The average molecular weight is 235 g/mol. The van der Waals surface area contributed by atoms with Crippen molar-refractivity contribution in [2.45, 2.75) is 12.5 Å². The predicted molar refractivity (Wildman–Crippen MR) is 62.4 cm³/mol. The lowest BCUT2D eigenvalue weighted by Gasteiger charge is -2.12. The Labute approximate surface area is 98.9 Å². The van der Waals surface area contributed by atoms with Crippen molar-refractivity contribution in [1.82, 2.24) is 9.88 Å². The number of amides is 1. The largest absolute Gasteiger partial charge is 0.338 e. The maximum absolute atomic E-state index is 12.8. The van der Waals surface area contributed by atoms with E-state index in [-0.39, 0.29) is 11.9 Å². The second-order valence-corrected chi connectivity index (χ2v) is 4.10. The SMILES string of the molecule is NC1CCN(C(=O)C=Cc2cncc(F)c2)C1. The highest BCUT2D eigenvalue weighted by Gasteiger charge is 2.21. The highest BCUT2D eigenvalue weighted by Crippen LogP contribution is 2.09. The van der Waals surface area contributed by atoms with Crippen LogP contribution in [0.3, 0.4) is 0 Å². The van der Waals surface area contributed by atoms with Gasteiger partial charge in [-0.15, -0.1) is 0 Å². The van der Waals surface area contributed by atoms with E-state index in [4.69, 9.17) is 5.73 Å². The first-order valence-electron chi connectivity index (χ1n) is 5.48. The standard InChI is InChI=1S/C12H14FN3O/c13-10-5-9(6-15-7-10)1-2-12(17)16-4-3-11(14)8-16/h1-2,5-7,11H,3-4,8,14H2. The molecule has 4 nitrogen and oxygen atoms in total. The molecule has 0 bridgehead atoms. The van der Waals surface area contributed by atoms with E-state index >= 15 is 0 Å². The van der Waals surface area contributed by atoms with Gasteiger partial charge in [0.25, 0.3) is 0 Å². The lowest BCUT2D eigenvalue weighted by Crippen LogP contribution is -2.30. The number of aromatic nitrogens is 1. The third-order valence-electron chi connectivity index (χ3n) is 2.68. The number of hydrogen-bond donors (Lipinski definition) is 1. The molecule has 0 radical (unpaired) electrons. The lowest BCUT2D eigenvalue weighted by molar-refractivity contribution is -0.124. The number of hydrogen-bond acceptors (Lipinski definition) is 3. The number of rotatable bonds is 2. The second kappa shape index (κ2) is 5.05. The van der Waals surface area contributed by atoms with Crippen LogP contribution in [0.25, 0.3) is 6.08 Å². The fourth-order valence-corrected chi connectivity index (χ4v) is 1.78. The number of carbonyl (C=O) groups is 1. The first-order valence-corrected chi connectivity index (χ1v) is 5.48. The minimum Gasteiger partial charge on any atom is -0.338 e. The molecule has 90 valence electrons. The summed E-state index contributed by atoms with van der Waals surface area (Å²) in [6.45, 7) is 1.27. The van der Waals surface area contributed by atoms with Gasteiger partial charge in [0.05, 0.1) is 6.20 Å². The molecule has 2 N–H and O–H groups in total. The first-order chi connectivity index (χ1) is 8.15. The minimum absolute atomic E-state index is 0.0724. The molecule has 1 aliphatic heterocycles. The molecule has 0 saturated carbocycles. The van der Waals surface area contributed by atoms with Gasteiger partial charge in [-0.3, -0.25) is 9.78 Å². The van der Waals surface area contributed by atoms with Crippen molar-refractivity contribution in [1.29, 1.82) is 0 Å². The Morgan fingerprint density at radius 3 is 3.06 bits per heavy atom. The number of carbonyl (C=O) groups excluding carboxylic acids is 1. The third-order valence-corrected chi connectivity index (χ3v) is 2.68. The summed E-state index contributed by atoms with van der Waals surface area (Å²) in [5, 5.41) is 0. The summed E-state index contributed by atoms with van der Waals surface area (Å²) >= 11 is 0. The lowest BCUT2D eigenvalue weighted by atomic mass is 10.2. The van der Waals surface area contributed by atoms with Crippen LogP contribution < -0.4 is 5.73 Å². The molecule has 1 unspecified atom stereocenters. The van der Waals surface area contributed by atoms with E-state index in [0.717, 1.165) is 12.6 Å². The number of nitrogens with zero attached hydrogens (tertiary/aromatic N) is 2. The number of likely N-dealkylation sites (tertiary alicyclic amines) is 1. The van der Waals surface area contributed by atoms with E-state index in [1.54, 1.807) is 11.0 Å². The van der Waals surface area contributed by atoms with Crippen LogP contribution in [0.4, 0.5) is 4.39 Å². The van der Waals surface area contributed by atoms with Gasteiger partial charge < -0.3 is 10.6 Å². The molecule has 1 atom stereocenters. The number of nitrogens with two attached hydrogens (primary N) is 1. The van der Waals surface area contributed by atoms with E-state index in [2.05, 4.69) is 4.98 Å². The van der Waals surface area contributed by atoms with Crippen molar-refractivity contribution in [3.63, 3.8) is 0 Å². The Morgan fingerprint density at radius 2 is 2.41 bits per heavy atom. The summed E-state index contributed by atoms with van der Waals surface area (Å²) in [5.74, 6) is -0.509. The Kier molecular flexibility index (Phi) is 3.49. The van der Waals surface area contributed by atoms with Gasteiger partial charge in [-0.05, 0) is 24.1 Å². The molecule has 17 heavy (non-hydrogen) atoms. The fourth-order valence-electron chi connectivity index (χ4n) is 1.78. The molecule has 0 aromatic carbocycles. The normalized spacial score (nSPS) is 20.1. The second-order valence-electron chi connectivity index (χ2n) is 4.10. The van der Waals surface area contributed by atoms with Crippen molar-refractivity contribution in [2.24, 2.45) is 5.73 Å². The van der Waals surface area contributed by atoms with Crippen LogP contribution in [0.15, 0.2) is 24.5 Å². The van der Waals surface area contributed by atoms with Crippen LogP contribution in [-0.4, -0.2) is 34.9 Å². The molecule has 1 aromatic heterocycles. The first kappa shape index (κ1) is 11.7. The van der Waals surface area contributed by atoms with Crippen LogP contribution in [-0.2, 0) is 4.79 Å². The minimum atomic E-state index is -0.414. The molecule has 1 aliphatic rings. The molecule has 2 heterocycles. The van der Waals surface area contributed by atoms with Crippen molar-refractivity contribution in [3.8, 4) is 0 Å². The maximum Gasteiger partial charge on any atom is 0.246 e. The fraction of sp³-hybridized carbons (Fsp3) is 0.333. The van der Waals surface area contributed by atoms with Crippen LogP contribution in [0.5, 0.6) is 0 Å². The van der Waals surface area contributed by atoms with Gasteiger partial charge in [0.15, 0.2) is 0 Å². The molecule has 1 saturated heterocycles. The molecule has 1 fully saturated rings. The summed E-state index contributed by atoms with van der Waals surface area (Å²) in [7, 11) is 0. The van der Waals surface area contributed by atoms with E-state index in [1.165, 1.54) is 18.3 Å². The zero-order chi connectivity index (χ0) is 12.3. The summed E-state index contributed by atoms with van der Waals surface area (Å²) in [4.78, 5) is 17.1. The van der Waals surface area contributed by atoms with E-state index in [0.29, 0.717) is 18.7 Å². The van der Waals surface area contributed by atoms with Crippen LogP contribution in [0, 0.1) is 5.82 Å². The molecule has 0 aliphatic carbocycles. The van der Waals surface area contributed by atoms with Crippen molar-refractivity contribution >= 4 is 12.0 Å². The number of halogens is 1.